The molecular weight excluding hydrogens is 351 g/mol. The van der Waals surface area contributed by atoms with Gasteiger partial charge in [-0.2, -0.15) is 4.98 Å². The summed E-state index contributed by atoms with van der Waals surface area (Å²) in [6.45, 7) is 1.45. The van der Waals surface area contributed by atoms with E-state index in [1.54, 1.807) is 4.90 Å². The third kappa shape index (κ3) is 3.89. The molecule has 0 atom stereocenters. The van der Waals surface area contributed by atoms with Gasteiger partial charge in [0.25, 0.3) is 5.89 Å². The molecule has 1 aliphatic rings. The van der Waals surface area contributed by atoms with Gasteiger partial charge in [-0.25, -0.2) is 9.18 Å². The molecule has 138 valence electrons. The quantitative estimate of drug-likeness (QED) is 0.747. The van der Waals surface area contributed by atoms with Crippen LogP contribution < -0.4 is 15.0 Å². The monoisotopic (exact) mass is 368 g/mol. The van der Waals surface area contributed by atoms with Crippen LogP contribution in [0.25, 0.3) is 11.5 Å². The van der Waals surface area contributed by atoms with E-state index in [2.05, 4.69) is 15.5 Å². The fraction of sp³-hybridized carbons (Fsp3) is 0.211. The van der Waals surface area contributed by atoms with Crippen LogP contribution in [0.2, 0.25) is 0 Å². The molecule has 0 unspecified atom stereocenters. The Hall–Kier alpha value is -3.42. The van der Waals surface area contributed by atoms with Crippen LogP contribution in [0.1, 0.15) is 12.2 Å². The fourth-order valence-electron chi connectivity index (χ4n) is 2.79. The maximum Gasteiger partial charge on any atom is 0.321 e. The fourth-order valence-corrected chi connectivity index (χ4v) is 2.79. The number of nitrogens with one attached hydrogen (secondary N) is 1. The summed E-state index contributed by atoms with van der Waals surface area (Å²) in [6, 6.07) is 13.0. The molecule has 2 aromatic carbocycles. The van der Waals surface area contributed by atoms with Gasteiger partial charge in [-0.05, 0) is 48.9 Å². The Morgan fingerprint density at radius 2 is 2.07 bits per heavy atom. The summed E-state index contributed by atoms with van der Waals surface area (Å²) in [4.78, 5) is 18.0. The number of rotatable bonds is 5. The number of halogens is 1. The SMILES string of the molecule is O=C1NCCCN1c1cccc(-c2nc(COc3ccc(F)cc3)no2)c1. The van der Waals surface area contributed by atoms with Gasteiger partial charge < -0.3 is 14.6 Å². The van der Waals surface area contributed by atoms with Gasteiger partial charge in [-0.1, -0.05) is 11.2 Å². The van der Waals surface area contributed by atoms with Crippen LogP contribution in [-0.4, -0.2) is 29.3 Å². The predicted molar refractivity (Wildman–Crippen MR) is 95.8 cm³/mol. The molecule has 1 fully saturated rings. The summed E-state index contributed by atoms with van der Waals surface area (Å²) in [5.74, 6) is 0.898. The summed E-state index contributed by atoms with van der Waals surface area (Å²) < 4.78 is 23.7. The smallest absolute Gasteiger partial charge is 0.321 e. The molecule has 1 N–H and O–H groups in total. The number of carbonyl (C=O) groups excluding carboxylic acids is 1. The molecule has 3 aromatic rings. The number of hydrogen-bond acceptors (Lipinski definition) is 5. The largest absolute Gasteiger partial charge is 0.485 e. The number of aromatic nitrogens is 2. The molecular formula is C19H17FN4O3. The summed E-state index contributed by atoms with van der Waals surface area (Å²) in [7, 11) is 0. The zero-order valence-corrected chi connectivity index (χ0v) is 14.4. The van der Waals surface area contributed by atoms with Gasteiger partial charge in [0.2, 0.25) is 5.82 Å². The Labute approximate surface area is 154 Å². The lowest BCUT2D eigenvalue weighted by atomic mass is 10.1. The molecule has 0 spiro atoms. The number of carbonyl (C=O) groups is 1. The number of urea groups is 1. The molecule has 0 aliphatic carbocycles. The molecule has 4 rings (SSSR count). The molecule has 1 aromatic heterocycles. The Bertz CT molecular complexity index is 942. The van der Waals surface area contributed by atoms with E-state index >= 15 is 0 Å². The van der Waals surface area contributed by atoms with Crippen LogP contribution >= 0.6 is 0 Å². The molecule has 1 aliphatic heterocycles. The first-order valence-corrected chi connectivity index (χ1v) is 8.56. The van der Waals surface area contributed by atoms with E-state index in [9.17, 15) is 9.18 Å². The molecule has 8 heteroatoms. The van der Waals surface area contributed by atoms with Crippen molar-refractivity contribution in [3.8, 4) is 17.2 Å². The van der Waals surface area contributed by atoms with E-state index in [1.807, 2.05) is 24.3 Å². The molecule has 7 nitrogen and oxygen atoms in total. The van der Waals surface area contributed by atoms with Crippen LogP contribution in [0, 0.1) is 5.82 Å². The second-order valence-electron chi connectivity index (χ2n) is 6.05. The predicted octanol–water partition coefficient (Wildman–Crippen LogP) is 3.37. The Kier molecular flexibility index (Phi) is 4.69. The summed E-state index contributed by atoms with van der Waals surface area (Å²) in [6.07, 6.45) is 0.890. The Morgan fingerprint density at radius 3 is 2.89 bits per heavy atom. The van der Waals surface area contributed by atoms with Gasteiger partial charge in [0.15, 0.2) is 6.61 Å². The molecule has 2 heterocycles. The zero-order valence-electron chi connectivity index (χ0n) is 14.4. The average Bonchev–Trinajstić information content (AvgIpc) is 3.17. The second kappa shape index (κ2) is 7.45. The van der Waals surface area contributed by atoms with Crippen LogP contribution in [0.4, 0.5) is 14.9 Å². The average molecular weight is 368 g/mol. The van der Waals surface area contributed by atoms with Gasteiger partial charge in [0.1, 0.15) is 11.6 Å². The van der Waals surface area contributed by atoms with Gasteiger partial charge in [0, 0.05) is 24.3 Å². The van der Waals surface area contributed by atoms with Crippen molar-refractivity contribution in [2.24, 2.45) is 0 Å². The van der Waals surface area contributed by atoms with Gasteiger partial charge in [-0.3, -0.25) is 4.90 Å². The highest BCUT2D eigenvalue weighted by Gasteiger charge is 2.20. The summed E-state index contributed by atoms with van der Waals surface area (Å²) in [5.41, 5.74) is 1.48. The van der Waals surface area contributed by atoms with Crippen LogP contribution in [0.3, 0.4) is 0 Å². The number of ether oxygens (including phenoxy) is 1. The molecule has 0 bridgehead atoms. The minimum Gasteiger partial charge on any atom is -0.485 e. The topological polar surface area (TPSA) is 80.5 Å². The van der Waals surface area contributed by atoms with Gasteiger partial charge in [0.05, 0.1) is 0 Å². The summed E-state index contributed by atoms with van der Waals surface area (Å²) in [5, 5.41) is 6.73. The highest BCUT2D eigenvalue weighted by Crippen LogP contribution is 2.25. The number of hydrogen-bond donors (Lipinski definition) is 1. The van der Waals surface area contributed by atoms with Crippen molar-refractivity contribution in [1.29, 1.82) is 0 Å². The van der Waals surface area contributed by atoms with Crippen LogP contribution in [-0.2, 0) is 6.61 Å². The number of benzene rings is 2. The van der Waals surface area contributed by atoms with E-state index in [1.165, 1.54) is 24.3 Å². The van der Waals surface area contributed by atoms with Crippen molar-refractivity contribution in [1.82, 2.24) is 15.5 Å². The third-order valence-corrected chi connectivity index (χ3v) is 4.13. The molecule has 0 radical (unpaired) electrons. The highest BCUT2D eigenvalue weighted by molar-refractivity contribution is 5.93. The summed E-state index contributed by atoms with van der Waals surface area (Å²) >= 11 is 0. The van der Waals surface area contributed by atoms with Crippen molar-refractivity contribution >= 4 is 11.7 Å². The minimum atomic E-state index is -0.327. The van der Waals surface area contributed by atoms with E-state index in [4.69, 9.17) is 9.26 Å². The normalized spacial score (nSPS) is 14.1. The Morgan fingerprint density at radius 1 is 1.22 bits per heavy atom. The second-order valence-corrected chi connectivity index (χ2v) is 6.05. The van der Waals surface area contributed by atoms with E-state index in [0.29, 0.717) is 36.1 Å². The highest BCUT2D eigenvalue weighted by atomic mass is 19.1. The molecule has 0 saturated carbocycles. The molecule has 2 amide bonds. The maximum atomic E-state index is 12.9. The maximum absolute atomic E-state index is 12.9. The van der Waals surface area contributed by atoms with Crippen molar-refractivity contribution in [2.75, 3.05) is 18.0 Å². The van der Waals surface area contributed by atoms with E-state index in [-0.39, 0.29) is 18.5 Å². The third-order valence-electron chi connectivity index (χ3n) is 4.13. The molecule has 27 heavy (non-hydrogen) atoms. The number of nitrogens with zero attached hydrogens (tertiary/aromatic N) is 3. The lowest BCUT2D eigenvalue weighted by molar-refractivity contribution is 0.243. The van der Waals surface area contributed by atoms with Crippen LogP contribution in [0.5, 0.6) is 5.75 Å². The van der Waals surface area contributed by atoms with Crippen molar-refractivity contribution in [2.45, 2.75) is 13.0 Å². The van der Waals surface area contributed by atoms with Crippen molar-refractivity contribution < 1.29 is 18.4 Å². The first kappa shape index (κ1) is 17.0. The lowest BCUT2D eigenvalue weighted by Gasteiger charge is -2.27. The van der Waals surface area contributed by atoms with E-state index in [0.717, 1.165) is 12.1 Å². The standard InChI is InChI=1S/C19H17FN4O3/c20-14-5-7-16(8-6-14)26-12-17-22-18(27-23-17)13-3-1-4-15(11-13)24-10-2-9-21-19(24)25/h1,3-8,11H,2,9-10,12H2,(H,21,25). The van der Waals surface area contributed by atoms with Crippen LogP contribution in [0.15, 0.2) is 53.1 Å². The first-order valence-electron chi connectivity index (χ1n) is 8.56. The lowest BCUT2D eigenvalue weighted by Crippen LogP contribution is -2.46. The Balaban J connectivity index is 1.47. The van der Waals surface area contributed by atoms with Gasteiger partial charge >= 0.3 is 6.03 Å². The van der Waals surface area contributed by atoms with Crippen molar-refractivity contribution in [3.63, 3.8) is 0 Å². The molecule has 1 saturated heterocycles. The van der Waals surface area contributed by atoms with Crippen molar-refractivity contribution in [3.05, 3.63) is 60.2 Å². The number of anilines is 1. The first-order chi connectivity index (χ1) is 13.2. The van der Waals surface area contributed by atoms with E-state index < -0.39 is 0 Å². The minimum absolute atomic E-state index is 0.101. The number of amides is 2. The zero-order chi connectivity index (χ0) is 18.6. The van der Waals surface area contributed by atoms with Gasteiger partial charge in [-0.15, -0.1) is 0 Å².